The third kappa shape index (κ3) is 14.0. The fourth-order valence-corrected chi connectivity index (χ4v) is 8.50. The SMILES string of the molecule is C=C[C@@H](CC)[C@@H]1NC(=O)[C@H](Cc2ccc(O)cc2)NC(=O)[C@@H](N)CSSC(=C)[C@@H](C(=O)N2CCC[C@H]2C(N)=O)NC(=O)C(CC(N)=O)NC(=O)[C@H](CCC(N)=O)NC1=O. The number of carbonyl (C=O) groups excluding carboxylic acids is 9. The fourth-order valence-electron chi connectivity index (χ4n) is 6.34. The van der Waals surface area contributed by atoms with Gasteiger partial charge in [-0.15, -0.1) is 6.58 Å². The molecule has 0 aromatic heterocycles. The van der Waals surface area contributed by atoms with E-state index in [2.05, 4.69) is 39.7 Å². The molecule has 22 heteroatoms. The number of amides is 9. The van der Waals surface area contributed by atoms with Crippen molar-refractivity contribution in [1.82, 2.24) is 31.5 Å². The number of rotatable bonds is 12. The smallest absolute Gasteiger partial charge is 0.251 e. The Kier molecular flexibility index (Phi) is 18.2. The highest BCUT2D eigenvalue weighted by molar-refractivity contribution is 8.78. The summed E-state index contributed by atoms with van der Waals surface area (Å²) in [5.41, 5.74) is 23.1. The predicted octanol–water partition coefficient (Wildman–Crippen LogP) is -2.58. The van der Waals surface area contributed by atoms with Gasteiger partial charge < -0.3 is 59.5 Å². The zero-order valence-corrected chi connectivity index (χ0v) is 34.1. The third-order valence-electron chi connectivity index (χ3n) is 9.61. The molecule has 1 aromatic rings. The van der Waals surface area contributed by atoms with Gasteiger partial charge in [0.15, 0.2) is 0 Å². The number of nitrogens with two attached hydrogens (primary N) is 4. The van der Waals surface area contributed by atoms with Crippen molar-refractivity contribution in [1.29, 1.82) is 0 Å². The predicted molar refractivity (Wildman–Crippen MR) is 219 cm³/mol. The number of nitrogens with one attached hydrogen (secondary N) is 5. The highest BCUT2D eigenvalue weighted by atomic mass is 33.1. The second kappa shape index (κ2) is 22.5. The van der Waals surface area contributed by atoms with Gasteiger partial charge in [-0.3, -0.25) is 43.2 Å². The van der Waals surface area contributed by atoms with Crippen molar-refractivity contribution in [2.24, 2.45) is 28.9 Å². The van der Waals surface area contributed by atoms with E-state index >= 15 is 0 Å². The van der Waals surface area contributed by atoms with Gasteiger partial charge in [0, 0.05) is 36.0 Å². The maximum absolute atomic E-state index is 14.0. The third-order valence-corrected chi connectivity index (χ3v) is 12.1. The lowest BCUT2D eigenvalue weighted by atomic mass is 9.94. The average Bonchev–Trinajstić information content (AvgIpc) is 3.68. The van der Waals surface area contributed by atoms with Crippen LogP contribution in [0.25, 0.3) is 0 Å². The Morgan fingerprint density at radius 3 is 2.08 bits per heavy atom. The van der Waals surface area contributed by atoms with Gasteiger partial charge in [0.2, 0.25) is 47.3 Å². The second-order valence-electron chi connectivity index (χ2n) is 14.0. The second-order valence-corrected chi connectivity index (χ2v) is 16.5. The van der Waals surface area contributed by atoms with Crippen molar-refractivity contribution in [2.75, 3.05) is 12.3 Å². The summed E-state index contributed by atoms with van der Waals surface area (Å²) < 4.78 is 0. The van der Waals surface area contributed by atoms with Crippen LogP contribution in [0.3, 0.4) is 0 Å². The standard InChI is InChI=1S/C37H52N10O10S2/c1-4-20(5-2)30-36(56)42-23(12-13-27(39)49)33(53)44-25(16-28(40)50)35(55)45-29(37(57)47-14-6-7-26(47)31(41)51)18(3)59-58-17-22(38)32(52)43-24(34(54)46-30)15-19-8-10-21(48)11-9-19/h4,8-11,20,22-26,29-30,48H,1,3,5-7,12-17,38H2,2H3,(H2,39,49)(H2,40,50)(H2,41,51)(H,42,56)(H,43,52)(H,44,53)(H,45,55)(H,46,54)/t20-,22-,23-,24-,25?,26-,29-,30-/m0/s1. The highest BCUT2D eigenvalue weighted by Gasteiger charge is 2.40. The molecular weight excluding hydrogens is 809 g/mol. The van der Waals surface area contributed by atoms with Gasteiger partial charge >= 0.3 is 0 Å². The molecule has 322 valence electrons. The molecule has 2 aliphatic rings. The van der Waals surface area contributed by atoms with E-state index in [4.69, 9.17) is 22.9 Å². The lowest BCUT2D eigenvalue weighted by Gasteiger charge is -2.31. The molecule has 2 saturated heterocycles. The molecule has 0 saturated carbocycles. The summed E-state index contributed by atoms with van der Waals surface area (Å²) in [5, 5.41) is 22.4. The minimum atomic E-state index is -1.74. The van der Waals surface area contributed by atoms with Crippen LogP contribution in [-0.4, -0.2) is 118 Å². The van der Waals surface area contributed by atoms with E-state index in [1.807, 2.05) is 0 Å². The number of hydrogen-bond acceptors (Lipinski definition) is 13. The molecule has 14 N–H and O–H groups in total. The van der Waals surface area contributed by atoms with E-state index in [0.29, 0.717) is 12.0 Å². The number of phenolic OH excluding ortho intramolecular Hbond substituents is 1. The molecule has 1 unspecified atom stereocenters. The van der Waals surface area contributed by atoms with Crippen molar-refractivity contribution >= 4 is 74.8 Å². The maximum atomic E-state index is 14.0. The van der Waals surface area contributed by atoms with E-state index in [-0.39, 0.29) is 42.2 Å². The van der Waals surface area contributed by atoms with Crippen molar-refractivity contribution in [2.45, 2.75) is 94.2 Å². The molecule has 0 aliphatic carbocycles. The van der Waals surface area contributed by atoms with Gasteiger partial charge in [-0.2, -0.15) is 0 Å². The molecule has 3 rings (SSSR count). The Morgan fingerprint density at radius 1 is 0.881 bits per heavy atom. The highest BCUT2D eigenvalue weighted by Crippen LogP contribution is 2.33. The first-order chi connectivity index (χ1) is 27.9. The first-order valence-corrected chi connectivity index (χ1v) is 21.0. The first-order valence-electron chi connectivity index (χ1n) is 18.7. The number of benzene rings is 1. The van der Waals surface area contributed by atoms with Gasteiger partial charge in [-0.25, -0.2) is 0 Å². The van der Waals surface area contributed by atoms with Gasteiger partial charge in [-0.05, 0) is 43.4 Å². The number of hydrogen-bond donors (Lipinski definition) is 10. The normalized spacial score (nSPS) is 25.9. The summed E-state index contributed by atoms with van der Waals surface area (Å²) in [6.07, 6.45) is 0.646. The zero-order chi connectivity index (χ0) is 44.0. The molecule has 0 radical (unpaired) electrons. The maximum Gasteiger partial charge on any atom is 0.251 e. The number of aromatic hydroxyl groups is 1. The first kappa shape index (κ1) is 47.8. The quantitative estimate of drug-likeness (QED) is 0.0764. The van der Waals surface area contributed by atoms with Crippen LogP contribution in [0.15, 0.2) is 48.4 Å². The summed E-state index contributed by atoms with van der Waals surface area (Å²) in [4.78, 5) is 121. The molecule has 2 fully saturated rings. The van der Waals surface area contributed by atoms with Crippen LogP contribution in [0.1, 0.15) is 51.0 Å². The summed E-state index contributed by atoms with van der Waals surface area (Å²) in [6, 6.07) is -4.04. The molecule has 0 bridgehead atoms. The molecule has 0 spiro atoms. The Bertz CT molecular complexity index is 1800. The molecule has 1 aromatic carbocycles. The van der Waals surface area contributed by atoms with E-state index in [0.717, 1.165) is 21.6 Å². The largest absolute Gasteiger partial charge is 0.508 e. The molecule has 2 aliphatic heterocycles. The van der Waals surface area contributed by atoms with Crippen LogP contribution in [0.2, 0.25) is 0 Å². The van der Waals surface area contributed by atoms with Crippen LogP contribution in [0.5, 0.6) is 5.75 Å². The van der Waals surface area contributed by atoms with E-state index in [1.54, 1.807) is 6.92 Å². The summed E-state index contributed by atoms with van der Waals surface area (Å²) >= 11 is 0. The summed E-state index contributed by atoms with van der Waals surface area (Å²) in [6.45, 7) is 9.53. The van der Waals surface area contributed by atoms with E-state index < -0.39 is 121 Å². The van der Waals surface area contributed by atoms with Crippen LogP contribution in [0.4, 0.5) is 0 Å². The van der Waals surface area contributed by atoms with Crippen molar-refractivity contribution in [3.05, 3.63) is 54.0 Å². The monoisotopic (exact) mass is 860 g/mol. The van der Waals surface area contributed by atoms with Crippen LogP contribution in [0, 0.1) is 5.92 Å². The summed E-state index contributed by atoms with van der Waals surface area (Å²) in [7, 11) is 1.86. The number of nitrogens with zero attached hydrogens (tertiary/aromatic N) is 1. The van der Waals surface area contributed by atoms with Crippen LogP contribution in [-0.2, 0) is 49.6 Å². The minimum Gasteiger partial charge on any atom is -0.508 e. The Hall–Kier alpha value is -5.61. The lowest BCUT2D eigenvalue weighted by molar-refractivity contribution is -0.140. The van der Waals surface area contributed by atoms with Gasteiger partial charge in [0.05, 0.1) is 12.5 Å². The van der Waals surface area contributed by atoms with E-state index in [9.17, 15) is 48.3 Å². The molecule has 59 heavy (non-hydrogen) atoms. The Morgan fingerprint density at radius 2 is 1.49 bits per heavy atom. The van der Waals surface area contributed by atoms with Crippen LogP contribution >= 0.6 is 21.6 Å². The minimum absolute atomic E-state index is 0.00422. The molecule has 8 atom stereocenters. The topological polar surface area (TPSA) is 341 Å². The van der Waals surface area contributed by atoms with Crippen molar-refractivity contribution < 1.29 is 48.3 Å². The van der Waals surface area contributed by atoms with Crippen LogP contribution < -0.4 is 49.5 Å². The molecule has 2 heterocycles. The van der Waals surface area contributed by atoms with Crippen molar-refractivity contribution in [3.8, 4) is 5.75 Å². The zero-order valence-electron chi connectivity index (χ0n) is 32.5. The Balaban J connectivity index is 2.12. The number of phenols is 1. The average molecular weight is 861 g/mol. The number of primary amides is 3. The molecule has 9 amide bonds. The fraction of sp³-hybridized carbons (Fsp3) is 0.486. The summed E-state index contributed by atoms with van der Waals surface area (Å²) in [5.74, 6) is -8.98. The van der Waals surface area contributed by atoms with Gasteiger partial charge in [-0.1, -0.05) is 53.3 Å². The number of likely N-dealkylation sites (tertiary alicyclic amines) is 1. The van der Waals surface area contributed by atoms with Gasteiger partial charge in [0.1, 0.15) is 42.0 Å². The van der Waals surface area contributed by atoms with Crippen molar-refractivity contribution in [3.63, 3.8) is 0 Å². The Labute approximate surface area is 348 Å². The molecule has 20 nitrogen and oxygen atoms in total. The number of carbonyl (C=O) groups is 9. The molecular formula is C37H52N10O10S2. The van der Waals surface area contributed by atoms with E-state index in [1.165, 1.54) is 35.2 Å². The lowest BCUT2D eigenvalue weighted by Crippen LogP contribution is -2.61. The van der Waals surface area contributed by atoms with Gasteiger partial charge in [0.25, 0.3) is 5.91 Å².